The Balaban J connectivity index is 1.59. The fraction of sp³-hybridized carbons (Fsp3) is 0.333. The van der Waals surface area contributed by atoms with E-state index in [0.29, 0.717) is 11.3 Å². The number of aryl methyl sites for hydroxylation is 1. The maximum absolute atomic E-state index is 12.9. The van der Waals surface area contributed by atoms with Gasteiger partial charge >= 0.3 is 0 Å². The van der Waals surface area contributed by atoms with Crippen molar-refractivity contribution in [1.29, 1.82) is 0 Å². The smallest absolute Gasteiger partial charge is 0.255 e. The van der Waals surface area contributed by atoms with Crippen molar-refractivity contribution >= 4 is 11.8 Å². The van der Waals surface area contributed by atoms with E-state index in [1.54, 1.807) is 24.3 Å². The highest BCUT2D eigenvalue weighted by Gasteiger charge is 2.29. The third kappa shape index (κ3) is 4.63. The molecule has 1 aliphatic heterocycles. The van der Waals surface area contributed by atoms with Gasteiger partial charge in [-0.15, -0.1) is 0 Å². The van der Waals surface area contributed by atoms with Crippen LogP contribution in [0.3, 0.4) is 0 Å². The van der Waals surface area contributed by atoms with Gasteiger partial charge in [-0.3, -0.25) is 9.59 Å². The van der Waals surface area contributed by atoms with Gasteiger partial charge in [0.05, 0.1) is 0 Å². The molecule has 1 aliphatic rings. The fourth-order valence-corrected chi connectivity index (χ4v) is 3.40. The molecule has 3 rings (SSSR count). The Bertz CT molecular complexity index is 744. The number of likely N-dealkylation sites (tertiary alicyclic amines) is 1. The van der Waals surface area contributed by atoms with Crippen LogP contribution in [0, 0.1) is 0 Å². The molecule has 0 radical (unpaired) electrons. The zero-order valence-corrected chi connectivity index (χ0v) is 14.8. The summed E-state index contributed by atoms with van der Waals surface area (Å²) in [7, 11) is 0. The summed E-state index contributed by atoms with van der Waals surface area (Å²) in [5.41, 5.74) is 7.01. The summed E-state index contributed by atoms with van der Waals surface area (Å²) in [6.07, 6.45) is 4.06. The molecule has 1 unspecified atom stereocenters. The molecule has 1 atom stereocenters. The predicted molar refractivity (Wildman–Crippen MR) is 100.0 cm³/mol. The van der Waals surface area contributed by atoms with Gasteiger partial charge in [0, 0.05) is 18.2 Å². The Morgan fingerprint density at radius 1 is 1.08 bits per heavy atom. The molecular formula is C21H24N2O3. The molecule has 0 aliphatic carbocycles. The third-order valence-corrected chi connectivity index (χ3v) is 4.73. The van der Waals surface area contributed by atoms with Gasteiger partial charge in [0.2, 0.25) is 0 Å². The number of hydrogen-bond donors (Lipinski definition) is 1. The highest BCUT2D eigenvalue weighted by Crippen LogP contribution is 2.24. The summed E-state index contributed by atoms with van der Waals surface area (Å²) >= 11 is 0. The zero-order valence-electron chi connectivity index (χ0n) is 14.8. The average molecular weight is 352 g/mol. The van der Waals surface area contributed by atoms with E-state index in [4.69, 9.17) is 10.5 Å². The highest BCUT2D eigenvalue weighted by atomic mass is 16.5. The number of hydrogen-bond acceptors (Lipinski definition) is 3. The first-order chi connectivity index (χ1) is 12.6. The van der Waals surface area contributed by atoms with Crippen molar-refractivity contribution in [2.75, 3.05) is 13.2 Å². The molecular weight excluding hydrogens is 328 g/mol. The minimum Gasteiger partial charge on any atom is -0.484 e. The second-order valence-corrected chi connectivity index (χ2v) is 6.60. The third-order valence-electron chi connectivity index (χ3n) is 4.73. The van der Waals surface area contributed by atoms with Crippen molar-refractivity contribution in [2.45, 2.75) is 31.7 Å². The van der Waals surface area contributed by atoms with Crippen LogP contribution in [-0.2, 0) is 11.2 Å². The van der Waals surface area contributed by atoms with Gasteiger partial charge in [-0.2, -0.15) is 0 Å². The van der Waals surface area contributed by atoms with Crippen molar-refractivity contribution in [3.8, 4) is 5.75 Å². The second-order valence-electron chi connectivity index (χ2n) is 6.60. The lowest BCUT2D eigenvalue weighted by molar-refractivity contribution is -0.119. The molecule has 2 aromatic carbocycles. The van der Waals surface area contributed by atoms with Crippen molar-refractivity contribution in [1.82, 2.24) is 4.90 Å². The molecule has 0 saturated carbocycles. The lowest BCUT2D eigenvalue weighted by Crippen LogP contribution is -2.35. The number of nitrogens with zero attached hydrogens (tertiary/aromatic N) is 1. The predicted octanol–water partition coefficient (Wildman–Crippen LogP) is 2.79. The van der Waals surface area contributed by atoms with Gasteiger partial charge in [0.1, 0.15) is 5.75 Å². The molecule has 0 bridgehead atoms. The van der Waals surface area contributed by atoms with E-state index >= 15 is 0 Å². The number of nitrogens with two attached hydrogens (primary N) is 1. The van der Waals surface area contributed by atoms with Crippen molar-refractivity contribution in [3.05, 3.63) is 65.7 Å². The molecule has 136 valence electrons. The van der Waals surface area contributed by atoms with Crippen LogP contribution in [0.5, 0.6) is 5.75 Å². The van der Waals surface area contributed by atoms with Crippen LogP contribution in [0.1, 0.15) is 35.2 Å². The topological polar surface area (TPSA) is 72.6 Å². The standard InChI is InChI=1S/C21H24N2O3/c22-20(24)15-26-19-12-9-17(10-13-19)21(25)23-14-4-7-18(23)11-8-16-5-2-1-3-6-16/h1-3,5-6,9-10,12-13,18H,4,7-8,11,14-15H2,(H2,22,24). The summed E-state index contributed by atoms with van der Waals surface area (Å²) in [6.45, 7) is 0.638. The van der Waals surface area contributed by atoms with Crippen molar-refractivity contribution in [3.63, 3.8) is 0 Å². The molecule has 2 N–H and O–H groups in total. The molecule has 0 spiro atoms. The van der Waals surface area contributed by atoms with Gasteiger partial charge in [-0.1, -0.05) is 30.3 Å². The van der Waals surface area contributed by atoms with Gasteiger partial charge < -0.3 is 15.4 Å². The van der Waals surface area contributed by atoms with Gasteiger partial charge in [0.25, 0.3) is 11.8 Å². The molecule has 0 aromatic heterocycles. The fourth-order valence-electron chi connectivity index (χ4n) is 3.40. The SMILES string of the molecule is NC(=O)COc1ccc(C(=O)N2CCCC2CCc2ccccc2)cc1. The Kier molecular flexibility index (Phi) is 5.89. The van der Waals surface area contributed by atoms with Gasteiger partial charge in [-0.25, -0.2) is 0 Å². The summed E-state index contributed by atoms with van der Waals surface area (Å²) in [6, 6.07) is 17.5. The first-order valence-electron chi connectivity index (χ1n) is 8.99. The summed E-state index contributed by atoms with van der Waals surface area (Å²) in [5, 5.41) is 0. The number of carbonyl (C=O) groups excluding carboxylic acids is 2. The molecule has 5 nitrogen and oxygen atoms in total. The molecule has 26 heavy (non-hydrogen) atoms. The number of benzene rings is 2. The molecule has 1 saturated heterocycles. The molecule has 2 aromatic rings. The maximum atomic E-state index is 12.9. The van der Waals surface area contributed by atoms with Crippen LogP contribution < -0.4 is 10.5 Å². The Labute approximate surface area is 153 Å². The summed E-state index contributed by atoms with van der Waals surface area (Å²) in [5.74, 6) is 0.0629. The normalized spacial score (nSPS) is 16.5. The Morgan fingerprint density at radius 3 is 2.50 bits per heavy atom. The summed E-state index contributed by atoms with van der Waals surface area (Å²) in [4.78, 5) is 25.6. The zero-order chi connectivity index (χ0) is 18.4. The molecule has 1 fully saturated rings. The van der Waals surface area contributed by atoms with Crippen LogP contribution in [0.4, 0.5) is 0 Å². The lowest BCUT2D eigenvalue weighted by Gasteiger charge is -2.25. The maximum Gasteiger partial charge on any atom is 0.255 e. The van der Waals surface area contributed by atoms with Crippen LogP contribution in [0.25, 0.3) is 0 Å². The lowest BCUT2D eigenvalue weighted by atomic mass is 10.0. The van der Waals surface area contributed by atoms with E-state index in [9.17, 15) is 9.59 Å². The average Bonchev–Trinajstić information content (AvgIpc) is 3.14. The van der Waals surface area contributed by atoms with Gasteiger partial charge in [0.15, 0.2) is 6.61 Å². The largest absolute Gasteiger partial charge is 0.484 e. The Hall–Kier alpha value is -2.82. The van der Waals surface area contributed by atoms with E-state index in [1.807, 2.05) is 11.0 Å². The van der Waals surface area contributed by atoms with E-state index in [1.165, 1.54) is 5.56 Å². The van der Waals surface area contributed by atoms with Gasteiger partial charge in [-0.05, 0) is 55.5 Å². The summed E-state index contributed by atoms with van der Waals surface area (Å²) < 4.78 is 5.24. The number of carbonyl (C=O) groups is 2. The molecule has 1 heterocycles. The van der Waals surface area contributed by atoms with E-state index < -0.39 is 5.91 Å². The first kappa shape index (κ1) is 18.0. The second kappa shape index (κ2) is 8.52. The van der Waals surface area contributed by atoms with Crippen LogP contribution in [-0.4, -0.2) is 35.9 Å². The number of rotatable bonds is 7. The molecule has 5 heteroatoms. The van der Waals surface area contributed by atoms with Crippen molar-refractivity contribution in [2.24, 2.45) is 5.73 Å². The minimum atomic E-state index is -0.525. The quantitative estimate of drug-likeness (QED) is 0.833. The number of ether oxygens (including phenoxy) is 1. The number of primary amides is 1. The minimum absolute atomic E-state index is 0.0574. The van der Waals surface area contributed by atoms with E-state index in [-0.39, 0.29) is 18.6 Å². The van der Waals surface area contributed by atoms with E-state index in [2.05, 4.69) is 24.3 Å². The first-order valence-corrected chi connectivity index (χ1v) is 8.99. The monoisotopic (exact) mass is 352 g/mol. The van der Waals surface area contributed by atoms with Crippen molar-refractivity contribution < 1.29 is 14.3 Å². The Morgan fingerprint density at radius 2 is 1.81 bits per heavy atom. The van der Waals surface area contributed by atoms with Crippen LogP contribution in [0.2, 0.25) is 0 Å². The number of amides is 2. The molecule has 2 amide bonds. The van der Waals surface area contributed by atoms with E-state index in [0.717, 1.165) is 32.2 Å². The van der Waals surface area contributed by atoms with Crippen LogP contribution in [0.15, 0.2) is 54.6 Å². The van der Waals surface area contributed by atoms with Crippen LogP contribution >= 0.6 is 0 Å². The highest BCUT2D eigenvalue weighted by molar-refractivity contribution is 5.94.